The van der Waals surface area contributed by atoms with E-state index in [1.807, 2.05) is 27.0 Å². The molecule has 15 heavy (non-hydrogen) atoms. The van der Waals surface area contributed by atoms with E-state index >= 15 is 0 Å². The summed E-state index contributed by atoms with van der Waals surface area (Å²) in [5, 5.41) is 10.1. The topological polar surface area (TPSA) is 51.2 Å². The second-order valence-electron chi connectivity index (χ2n) is 3.67. The van der Waals surface area contributed by atoms with Crippen LogP contribution in [0.3, 0.4) is 0 Å². The van der Waals surface area contributed by atoms with E-state index in [0.717, 1.165) is 17.1 Å². The standard InChI is InChI=1S/C11H14N2O2/c1-7-6-9(8(2)15-7)10(14)11-12-4-5-13(11)3/h4-6,10,14H,1-3H3. The van der Waals surface area contributed by atoms with Gasteiger partial charge in [0.2, 0.25) is 0 Å². The van der Waals surface area contributed by atoms with Crippen LogP contribution in [0, 0.1) is 13.8 Å². The largest absolute Gasteiger partial charge is 0.466 e. The number of aliphatic hydroxyl groups is 1. The van der Waals surface area contributed by atoms with Crippen molar-refractivity contribution in [1.29, 1.82) is 0 Å². The maximum absolute atomic E-state index is 10.1. The average molecular weight is 206 g/mol. The van der Waals surface area contributed by atoms with Crippen molar-refractivity contribution in [1.82, 2.24) is 9.55 Å². The quantitative estimate of drug-likeness (QED) is 0.813. The summed E-state index contributed by atoms with van der Waals surface area (Å²) in [5.74, 6) is 2.16. The summed E-state index contributed by atoms with van der Waals surface area (Å²) in [6.07, 6.45) is 2.75. The van der Waals surface area contributed by atoms with E-state index in [1.54, 1.807) is 17.0 Å². The van der Waals surface area contributed by atoms with E-state index in [-0.39, 0.29) is 0 Å². The molecule has 0 fully saturated rings. The lowest BCUT2D eigenvalue weighted by atomic mass is 10.1. The molecule has 0 aromatic carbocycles. The number of aliphatic hydroxyl groups excluding tert-OH is 1. The fourth-order valence-electron chi connectivity index (χ4n) is 1.70. The van der Waals surface area contributed by atoms with Gasteiger partial charge in [0.25, 0.3) is 0 Å². The van der Waals surface area contributed by atoms with Crippen LogP contribution in [-0.2, 0) is 7.05 Å². The molecule has 0 aliphatic heterocycles. The lowest BCUT2D eigenvalue weighted by Crippen LogP contribution is -2.06. The molecule has 1 atom stereocenters. The Morgan fingerprint density at radius 1 is 1.47 bits per heavy atom. The number of furan rings is 1. The van der Waals surface area contributed by atoms with E-state index in [4.69, 9.17) is 4.42 Å². The normalized spacial score (nSPS) is 13.1. The lowest BCUT2D eigenvalue weighted by Gasteiger charge is -2.09. The summed E-state index contributed by atoms with van der Waals surface area (Å²) in [5.41, 5.74) is 0.779. The molecule has 80 valence electrons. The van der Waals surface area contributed by atoms with Crippen molar-refractivity contribution in [2.45, 2.75) is 20.0 Å². The van der Waals surface area contributed by atoms with Crippen LogP contribution in [0.15, 0.2) is 22.9 Å². The Bertz CT molecular complexity index is 471. The Morgan fingerprint density at radius 3 is 2.67 bits per heavy atom. The molecule has 2 aromatic heterocycles. The first kappa shape index (κ1) is 9.98. The van der Waals surface area contributed by atoms with Gasteiger partial charge in [-0.05, 0) is 19.9 Å². The van der Waals surface area contributed by atoms with Crippen LogP contribution >= 0.6 is 0 Å². The summed E-state index contributed by atoms with van der Waals surface area (Å²) >= 11 is 0. The van der Waals surface area contributed by atoms with Crippen molar-refractivity contribution >= 4 is 0 Å². The zero-order valence-electron chi connectivity index (χ0n) is 9.06. The predicted octanol–water partition coefficient (Wildman–Crippen LogP) is 1.71. The van der Waals surface area contributed by atoms with Crippen LogP contribution in [0.2, 0.25) is 0 Å². The first-order valence-electron chi connectivity index (χ1n) is 4.82. The Hall–Kier alpha value is -1.55. The van der Waals surface area contributed by atoms with Crippen LogP contribution < -0.4 is 0 Å². The number of aromatic nitrogens is 2. The van der Waals surface area contributed by atoms with Gasteiger partial charge in [0.05, 0.1) is 0 Å². The average Bonchev–Trinajstić information content (AvgIpc) is 2.71. The monoisotopic (exact) mass is 206 g/mol. The van der Waals surface area contributed by atoms with Crippen LogP contribution in [0.1, 0.15) is 29.0 Å². The van der Waals surface area contributed by atoms with Gasteiger partial charge < -0.3 is 14.1 Å². The molecule has 0 saturated carbocycles. The van der Waals surface area contributed by atoms with Crippen molar-refractivity contribution in [3.8, 4) is 0 Å². The van der Waals surface area contributed by atoms with Gasteiger partial charge in [-0.1, -0.05) is 0 Å². The number of hydrogen-bond acceptors (Lipinski definition) is 3. The molecule has 4 nitrogen and oxygen atoms in total. The Balaban J connectivity index is 2.40. The molecule has 2 aromatic rings. The molecular formula is C11H14N2O2. The third-order valence-electron chi connectivity index (χ3n) is 2.48. The molecule has 1 N–H and O–H groups in total. The smallest absolute Gasteiger partial charge is 0.142 e. The van der Waals surface area contributed by atoms with Crippen molar-refractivity contribution in [2.75, 3.05) is 0 Å². The molecule has 4 heteroatoms. The Labute approximate surface area is 88.2 Å². The van der Waals surface area contributed by atoms with Gasteiger partial charge in [0, 0.05) is 25.0 Å². The molecule has 2 heterocycles. The molecule has 0 bridgehead atoms. The zero-order chi connectivity index (χ0) is 11.0. The van der Waals surface area contributed by atoms with Gasteiger partial charge in [-0.3, -0.25) is 0 Å². The highest BCUT2D eigenvalue weighted by Crippen LogP contribution is 2.25. The third kappa shape index (κ3) is 1.68. The fraction of sp³-hybridized carbons (Fsp3) is 0.364. The lowest BCUT2D eigenvalue weighted by molar-refractivity contribution is 0.204. The summed E-state index contributed by atoms with van der Waals surface area (Å²) in [4.78, 5) is 4.11. The third-order valence-corrected chi connectivity index (χ3v) is 2.48. The molecule has 0 aliphatic rings. The predicted molar refractivity (Wildman–Crippen MR) is 55.5 cm³/mol. The van der Waals surface area contributed by atoms with E-state index in [0.29, 0.717) is 5.82 Å². The van der Waals surface area contributed by atoms with Crippen molar-refractivity contribution in [3.05, 3.63) is 41.4 Å². The van der Waals surface area contributed by atoms with Crippen LogP contribution in [0.4, 0.5) is 0 Å². The highest BCUT2D eigenvalue weighted by Gasteiger charge is 2.19. The second kappa shape index (κ2) is 3.55. The number of aryl methyl sites for hydroxylation is 3. The van der Waals surface area contributed by atoms with Gasteiger partial charge in [0.15, 0.2) is 0 Å². The molecule has 0 saturated heterocycles. The Kier molecular flexibility index (Phi) is 2.36. The summed E-state index contributed by atoms with van der Waals surface area (Å²) in [7, 11) is 1.85. The van der Waals surface area contributed by atoms with Gasteiger partial charge in [-0.2, -0.15) is 0 Å². The van der Waals surface area contributed by atoms with E-state index in [2.05, 4.69) is 4.98 Å². The molecule has 0 amide bonds. The number of hydrogen-bond donors (Lipinski definition) is 1. The molecule has 0 radical (unpaired) electrons. The maximum Gasteiger partial charge on any atom is 0.142 e. The second-order valence-corrected chi connectivity index (χ2v) is 3.67. The number of rotatable bonds is 2. The van der Waals surface area contributed by atoms with Crippen molar-refractivity contribution < 1.29 is 9.52 Å². The van der Waals surface area contributed by atoms with Crippen LogP contribution in [0.5, 0.6) is 0 Å². The van der Waals surface area contributed by atoms with Crippen LogP contribution in [0.25, 0.3) is 0 Å². The zero-order valence-corrected chi connectivity index (χ0v) is 9.06. The summed E-state index contributed by atoms with van der Waals surface area (Å²) in [6, 6.07) is 1.84. The SMILES string of the molecule is Cc1cc(C(O)c2nccn2C)c(C)o1. The van der Waals surface area contributed by atoms with E-state index in [1.165, 1.54) is 0 Å². The van der Waals surface area contributed by atoms with Gasteiger partial charge in [-0.15, -0.1) is 0 Å². The van der Waals surface area contributed by atoms with Gasteiger partial charge >= 0.3 is 0 Å². The number of imidazole rings is 1. The molecule has 1 unspecified atom stereocenters. The molecule has 2 rings (SSSR count). The Morgan fingerprint density at radius 2 is 2.20 bits per heavy atom. The summed E-state index contributed by atoms with van der Waals surface area (Å²) in [6.45, 7) is 3.70. The minimum absolute atomic E-state index is 0.624. The number of nitrogens with zero attached hydrogens (tertiary/aromatic N) is 2. The first-order valence-corrected chi connectivity index (χ1v) is 4.82. The highest BCUT2D eigenvalue weighted by molar-refractivity contribution is 5.27. The van der Waals surface area contributed by atoms with Gasteiger partial charge in [-0.25, -0.2) is 4.98 Å². The highest BCUT2D eigenvalue weighted by atomic mass is 16.3. The minimum Gasteiger partial charge on any atom is -0.466 e. The molecule has 0 aliphatic carbocycles. The first-order chi connectivity index (χ1) is 7.09. The van der Waals surface area contributed by atoms with Gasteiger partial charge in [0.1, 0.15) is 23.4 Å². The minimum atomic E-state index is -0.720. The van der Waals surface area contributed by atoms with Crippen molar-refractivity contribution in [2.24, 2.45) is 7.05 Å². The molecule has 0 spiro atoms. The van der Waals surface area contributed by atoms with E-state index < -0.39 is 6.10 Å². The van der Waals surface area contributed by atoms with Crippen molar-refractivity contribution in [3.63, 3.8) is 0 Å². The van der Waals surface area contributed by atoms with Crippen LogP contribution in [-0.4, -0.2) is 14.7 Å². The maximum atomic E-state index is 10.1. The van der Waals surface area contributed by atoms with E-state index in [9.17, 15) is 5.11 Å². The summed E-state index contributed by atoms with van der Waals surface area (Å²) < 4.78 is 7.17. The fourth-order valence-corrected chi connectivity index (χ4v) is 1.70. The molecular weight excluding hydrogens is 192 g/mol.